The van der Waals surface area contributed by atoms with E-state index in [-0.39, 0.29) is 5.41 Å². The van der Waals surface area contributed by atoms with Crippen LogP contribution in [0.25, 0.3) is 0 Å². The molecular formula is C16H18O3S. The molecule has 0 saturated carbocycles. The van der Waals surface area contributed by atoms with Crippen LogP contribution in [0.3, 0.4) is 0 Å². The highest BCUT2D eigenvalue weighted by Gasteiger charge is 2.32. The molecule has 1 aliphatic rings. The molecule has 4 heteroatoms. The van der Waals surface area contributed by atoms with Crippen LogP contribution in [0.5, 0.6) is 11.5 Å². The van der Waals surface area contributed by atoms with Crippen molar-refractivity contribution in [3.05, 3.63) is 45.6 Å². The minimum atomic E-state index is -0.620. The van der Waals surface area contributed by atoms with Gasteiger partial charge in [-0.1, -0.05) is 19.9 Å². The number of thiophene rings is 1. The first-order chi connectivity index (χ1) is 9.51. The zero-order valence-corrected chi connectivity index (χ0v) is 12.7. The first-order valence-corrected chi connectivity index (χ1v) is 7.47. The van der Waals surface area contributed by atoms with Crippen molar-refractivity contribution >= 4 is 11.3 Å². The lowest BCUT2D eigenvalue weighted by molar-refractivity contribution is 0.223. The molecule has 1 atom stereocenters. The standard InChI is InChI=1S/C16H18O3S/c1-16(2)9-19-13-5-4-10(6-12(13)16)15(17)14-7-11(18-3)8-20-14/h4-8,15,17H,9H2,1-3H3. The molecule has 3 nitrogen and oxygen atoms in total. The molecule has 0 bridgehead atoms. The van der Waals surface area contributed by atoms with E-state index in [9.17, 15) is 5.11 Å². The molecule has 0 spiro atoms. The second kappa shape index (κ2) is 4.79. The van der Waals surface area contributed by atoms with Gasteiger partial charge in [0.15, 0.2) is 0 Å². The van der Waals surface area contributed by atoms with Gasteiger partial charge in [-0.15, -0.1) is 11.3 Å². The maximum absolute atomic E-state index is 10.5. The summed E-state index contributed by atoms with van der Waals surface area (Å²) in [5, 5.41) is 12.4. The minimum absolute atomic E-state index is 0.00178. The zero-order valence-electron chi connectivity index (χ0n) is 11.8. The van der Waals surface area contributed by atoms with Gasteiger partial charge in [0.1, 0.15) is 17.6 Å². The van der Waals surface area contributed by atoms with Gasteiger partial charge in [0, 0.05) is 21.2 Å². The van der Waals surface area contributed by atoms with Gasteiger partial charge < -0.3 is 14.6 Å². The Morgan fingerprint density at radius 2 is 2.15 bits per heavy atom. The van der Waals surface area contributed by atoms with Gasteiger partial charge in [-0.25, -0.2) is 0 Å². The maximum atomic E-state index is 10.5. The van der Waals surface area contributed by atoms with Gasteiger partial charge in [0.05, 0.1) is 13.7 Å². The van der Waals surface area contributed by atoms with Crippen molar-refractivity contribution in [2.24, 2.45) is 0 Å². The average Bonchev–Trinajstić information content (AvgIpc) is 3.03. The quantitative estimate of drug-likeness (QED) is 0.940. The lowest BCUT2D eigenvalue weighted by atomic mass is 9.85. The number of methoxy groups -OCH3 is 1. The van der Waals surface area contributed by atoms with E-state index < -0.39 is 6.10 Å². The molecule has 1 unspecified atom stereocenters. The van der Waals surface area contributed by atoms with Crippen LogP contribution < -0.4 is 9.47 Å². The van der Waals surface area contributed by atoms with Gasteiger partial charge >= 0.3 is 0 Å². The Kier molecular flexibility index (Phi) is 3.22. The first kappa shape index (κ1) is 13.5. The fourth-order valence-corrected chi connectivity index (χ4v) is 3.32. The molecule has 2 heterocycles. The second-order valence-electron chi connectivity index (χ2n) is 5.72. The third kappa shape index (κ3) is 2.19. The summed E-state index contributed by atoms with van der Waals surface area (Å²) in [6.45, 7) is 5.00. The summed E-state index contributed by atoms with van der Waals surface area (Å²) in [4.78, 5) is 0.888. The summed E-state index contributed by atoms with van der Waals surface area (Å²) >= 11 is 1.50. The van der Waals surface area contributed by atoms with Gasteiger partial charge in [-0.2, -0.15) is 0 Å². The topological polar surface area (TPSA) is 38.7 Å². The molecule has 3 rings (SSSR count). The van der Waals surface area contributed by atoms with Gasteiger partial charge in [-0.05, 0) is 23.8 Å². The summed E-state index contributed by atoms with van der Waals surface area (Å²) in [6, 6.07) is 7.81. The SMILES string of the molecule is COc1csc(C(O)c2ccc3c(c2)C(C)(C)CO3)c1. The number of benzene rings is 1. The summed E-state index contributed by atoms with van der Waals surface area (Å²) in [6.07, 6.45) is -0.620. The smallest absolute Gasteiger partial charge is 0.129 e. The normalized spacial score (nSPS) is 17.4. The number of hydrogen-bond donors (Lipinski definition) is 1. The van der Waals surface area contributed by atoms with Gasteiger partial charge in [0.25, 0.3) is 0 Å². The first-order valence-electron chi connectivity index (χ1n) is 6.59. The van der Waals surface area contributed by atoms with E-state index in [0.29, 0.717) is 6.61 Å². The predicted octanol–water partition coefficient (Wildman–Crippen LogP) is 3.51. The van der Waals surface area contributed by atoms with E-state index >= 15 is 0 Å². The maximum Gasteiger partial charge on any atom is 0.129 e. The fourth-order valence-electron chi connectivity index (χ4n) is 2.46. The van der Waals surface area contributed by atoms with E-state index in [4.69, 9.17) is 9.47 Å². The third-order valence-corrected chi connectivity index (χ3v) is 4.70. The molecule has 0 fully saturated rings. The van der Waals surface area contributed by atoms with Crippen LogP contribution >= 0.6 is 11.3 Å². The number of ether oxygens (including phenoxy) is 2. The largest absolute Gasteiger partial charge is 0.496 e. The van der Waals surface area contributed by atoms with E-state index in [1.807, 2.05) is 23.6 Å². The Balaban J connectivity index is 1.95. The van der Waals surface area contributed by atoms with Crippen LogP contribution in [0.2, 0.25) is 0 Å². The molecule has 0 aliphatic carbocycles. The highest BCUT2D eigenvalue weighted by Crippen LogP contribution is 2.41. The lowest BCUT2D eigenvalue weighted by Gasteiger charge is -2.17. The van der Waals surface area contributed by atoms with E-state index in [2.05, 4.69) is 19.9 Å². The monoisotopic (exact) mass is 290 g/mol. The number of aliphatic hydroxyl groups is 1. The third-order valence-electron chi connectivity index (χ3n) is 3.74. The summed E-state index contributed by atoms with van der Waals surface area (Å²) in [5.74, 6) is 1.71. The summed E-state index contributed by atoms with van der Waals surface area (Å²) < 4.78 is 10.8. The molecule has 1 N–H and O–H groups in total. The molecule has 2 aromatic rings. The van der Waals surface area contributed by atoms with Crippen LogP contribution in [0, 0.1) is 0 Å². The number of rotatable bonds is 3. The molecule has 1 aliphatic heterocycles. The van der Waals surface area contributed by atoms with Gasteiger partial charge in [-0.3, -0.25) is 0 Å². The Bertz CT molecular complexity index is 630. The Labute approximate surface area is 122 Å². The Morgan fingerprint density at radius 1 is 1.35 bits per heavy atom. The van der Waals surface area contributed by atoms with Crippen LogP contribution in [0.1, 0.15) is 36.0 Å². The van der Waals surface area contributed by atoms with Crippen molar-refractivity contribution in [3.63, 3.8) is 0 Å². The molecular weight excluding hydrogens is 272 g/mol. The summed E-state index contributed by atoms with van der Waals surface area (Å²) in [7, 11) is 1.63. The van der Waals surface area contributed by atoms with Crippen LogP contribution in [0.4, 0.5) is 0 Å². The number of fused-ring (bicyclic) bond motifs is 1. The second-order valence-corrected chi connectivity index (χ2v) is 6.66. The highest BCUT2D eigenvalue weighted by molar-refractivity contribution is 7.10. The van der Waals surface area contributed by atoms with E-state index in [1.165, 1.54) is 11.3 Å². The predicted molar refractivity (Wildman–Crippen MR) is 79.9 cm³/mol. The van der Waals surface area contributed by atoms with Crippen LogP contribution in [-0.2, 0) is 5.41 Å². The van der Waals surface area contributed by atoms with E-state index in [0.717, 1.165) is 27.5 Å². The van der Waals surface area contributed by atoms with Crippen molar-refractivity contribution < 1.29 is 14.6 Å². The molecule has 20 heavy (non-hydrogen) atoms. The molecule has 1 aromatic carbocycles. The average molecular weight is 290 g/mol. The van der Waals surface area contributed by atoms with Gasteiger partial charge in [0.2, 0.25) is 0 Å². The number of hydrogen-bond acceptors (Lipinski definition) is 4. The lowest BCUT2D eigenvalue weighted by Crippen LogP contribution is -2.18. The highest BCUT2D eigenvalue weighted by atomic mass is 32.1. The Morgan fingerprint density at radius 3 is 2.85 bits per heavy atom. The molecule has 1 aromatic heterocycles. The van der Waals surface area contributed by atoms with Crippen molar-refractivity contribution in [1.29, 1.82) is 0 Å². The minimum Gasteiger partial charge on any atom is -0.496 e. The fraction of sp³-hybridized carbons (Fsp3) is 0.375. The van der Waals surface area contributed by atoms with Crippen molar-refractivity contribution in [2.45, 2.75) is 25.4 Å². The van der Waals surface area contributed by atoms with Crippen LogP contribution in [0.15, 0.2) is 29.6 Å². The van der Waals surface area contributed by atoms with Crippen molar-refractivity contribution in [2.75, 3.05) is 13.7 Å². The molecule has 0 amide bonds. The van der Waals surface area contributed by atoms with Crippen LogP contribution in [-0.4, -0.2) is 18.8 Å². The summed E-state index contributed by atoms with van der Waals surface area (Å²) in [5.41, 5.74) is 2.06. The number of aliphatic hydroxyl groups excluding tert-OH is 1. The van der Waals surface area contributed by atoms with Crippen molar-refractivity contribution in [1.82, 2.24) is 0 Å². The van der Waals surface area contributed by atoms with Crippen molar-refractivity contribution in [3.8, 4) is 11.5 Å². The molecule has 0 radical (unpaired) electrons. The Hall–Kier alpha value is -1.52. The zero-order chi connectivity index (χ0) is 14.3. The molecule has 106 valence electrons. The van der Waals surface area contributed by atoms with E-state index in [1.54, 1.807) is 7.11 Å². The molecule has 0 saturated heterocycles.